The molecular formula is C21H16N2O3S. The van der Waals surface area contributed by atoms with Gasteiger partial charge in [0, 0.05) is 16.5 Å². The molecule has 0 aliphatic heterocycles. The zero-order valence-electron chi connectivity index (χ0n) is 14.5. The average molecular weight is 376 g/mol. The van der Waals surface area contributed by atoms with E-state index in [2.05, 4.69) is 4.98 Å². The van der Waals surface area contributed by atoms with E-state index in [1.165, 1.54) is 15.9 Å². The van der Waals surface area contributed by atoms with Crippen LogP contribution in [0.15, 0.2) is 64.8 Å². The van der Waals surface area contributed by atoms with Gasteiger partial charge in [-0.05, 0) is 12.5 Å². The molecule has 27 heavy (non-hydrogen) atoms. The topological polar surface area (TPSA) is 72.2 Å². The second kappa shape index (κ2) is 6.81. The van der Waals surface area contributed by atoms with Gasteiger partial charge in [-0.15, -0.1) is 11.3 Å². The summed E-state index contributed by atoms with van der Waals surface area (Å²) in [6, 6.07) is 17.1. The lowest BCUT2D eigenvalue weighted by Crippen LogP contribution is -2.26. The number of rotatable bonds is 4. The second-order valence-corrected chi connectivity index (χ2v) is 7.14. The first-order valence-corrected chi connectivity index (χ1v) is 9.29. The molecule has 2 aromatic carbocycles. The second-order valence-electron chi connectivity index (χ2n) is 6.28. The van der Waals surface area contributed by atoms with E-state index in [1.807, 2.05) is 66.9 Å². The van der Waals surface area contributed by atoms with Gasteiger partial charge < -0.3 is 5.11 Å². The largest absolute Gasteiger partial charge is 0.480 e. The lowest BCUT2D eigenvalue weighted by molar-refractivity contribution is -0.137. The van der Waals surface area contributed by atoms with Crippen molar-refractivity contribution in [2.24, 2.45) is 0 Å². The Hall–Kier alpha value is -3.25. The molecule has 2 aromatic heterocycles. The predicted octanol–water partition coefficient (Wildman–Crippen LogP) is 4.19. The van der Waals surface area contributed by atoms with Gasteiger partial charge in [-0.3, -0.25) is 14.2 Å². The average Bonchev–Trinajstić information content (AvgIpc) is 3.09. The highest BCUT2D eigenvalue weighted by Crippen LogP contribution is 2.32. The van der Waals surface area contributed by atoms with Crippen molar-refractivity contribution in [3.05, 3.63) is 75.9 Å². The molecule has 0 aliphatic rings. The number of benzene rings is 2. The first kappa shape index (κ1) is 17.2. The molecule has 0 aliphatic carbocycles. The fraction of sp³-hybridized carbons (Fsp3) is 0.0952. The molecule has 134 valence electrons. The van der Waals surface area contributed by atoms with Crippen molar-refractivity contribution in [3.8, 4) is 22.5 Å². The summed E-state index contributed by atoms with van der Waals surface area (Å²) in [6.45, 7) is 1.57. The zero-order valence-corrected chi connectivity index (χ0v) is 15.4. The van der Waals surface area contributed by atoms with Crippen LogP contribution >= 0.6 is 11.3 Å². The number of aryl methyl sites for hydroxylation is 1. The minimum atomic E-state index is -1.08. The summed E-state index contributed by atoms with van der Waals surface area (Å²) < 4.78 is 1.24. The van der Waals surface area contributed by atoms with Gasteiger partial charge in [0.25, 0.3) is 5.56 Å². The van der Waals surface area contributed by atoms with Crippen LogP contribution in [0.5, 0.6) is 0 Å². The van der Waals surface area contributed by atoms with E-state index >= 15 is 0 Å². The van der Waals surface area contributed by atoms with Gasteiger partial charge in [-0.2, -0.15) is 0 Å². The third-order valence-electron chi connectivity index (χ3n) is 4.38. The summed E-state index contributed by atoms with van der Waals surface area (Å²) in [6.07, 6.45) is 0. The Morgan fingerprint density at radius 1 is 1.07 bits per heavy atom. The Balaban J connectivity index is 2.01. The van der Waals surface area contributed by atoms with Crippen molar-refractivity contribution in [3.63, 3.8) is 0 Å². The van der Waals surface area contributed by atoms with E-state index in [1.54, 1.807) is 0 Å². The van der Waals surface area contributed by atoms with Crippen molar-refractivity contribution in [2.75, 3.05) is 0 Å². The van der Waals surface area contributed by atoms with Crippen LogP contribution in [0.4, 0.5) is 0 Å². The molecule has 0 bridgehead atoms. The van der Waals surface area contributed by atoms with Crippen molar-refractivity contribution < 1.29 is 9.90 Å². The van der Waals surface area contributed by atoms with Crippen molar-refractivity contribution >= 4 is 27.5 Å². The number of thiophene rings is 1. The summed E-state index contributed by atoms with van der Waals surface area (Å²) in [5, 5.41) is 11.7. The SMILES string of the molecule is Cc1ccc(-c2csc3nc(-c4ccccc4)n(CC(=O)O)c(=O)c23)cc1. The third kappa shape index (κ3) is 3.15. The van der Waals surface area contributed by atoms with Gasteiger partial charge >= 0.3 is 5.97 Å². The summed E-state index contributed by atoms with van der Waals surface area (Å²) in [4.78, 5) is 29.9. The van der Waals surface area contributed by atoms with Crippen LogP contribution in [-0.4, -0.2) is 20.6 Å². The number of aromatic nitrogens is 2. The van der Waals surface area contributed by atoms with E-state index in [0.29, 0.717) is 21.6 Å². The van der Waals surface area contributed by atoms with E-state index < -0.39 is 12.5 Å². The van der Waals surface area contributed by atoms with E-state index in [-0.39, 0.29) is 5.56 Å². The Labute approximate surface area is 159 Å². The highest BCUT2D eigenvalue weighted by Gasteiger charge is 2.19. The fourth-order valence-corrected chi connectivity index (χ4v) is 4.00. The minimum absolute atomic E-state index is 0.335. The molecule has 0 amide bonds. The fourth-order valence-electron chi connectivity index (χ4n) is 3.06. The van der Waals surface area contributed by atoms with E-state index in [0.717, 1.165) is 16.7 Å². The Bertz CT molecular complexity index is 1190. The molecule has 5 nitrogen and oxygen atoms in total. The number of hydrogen-bond acceptors (Lipinski definition) is 4. The molecule has 2 heterocycles. The van der Waals surface area contributed by atoms with Crippen LogP contribution < -0.4 is 5.56 Å². The van der Waals surface area contributed by atoms with Crippen LogP contribution in [0.25, 0.3) is 32.7 Å². The van der Waals surface area contributed by atoms with Crippen LogP contribution in [-0.2, 0) is 11.3 Å². The summed E-state index contributed by atoms with van der Waals surface area (Å²) >= 11 is 1.39. The predicted molar refractivity (Wildman–Crippen MR) is 107 cm³/mol. The lowest BCUT2D eigenvalue weighted by Gasteiger charge is -2.11. The van der Waals surface area contributed by atoms with Gasteiger partial charge in [0.2, 0.25) is 0 Å². The monoisotopic (exact) mass is 376 g/mol. The standard InChI is InChI=1S/C21H16N2O3S/c1-13-7-9-14(10-8-13)16-12-27-20-18(16)21(26)23(11-17(24)25)19(22-20)15-5-3-2-4-6-15/h2-10,12H,11H2,1H3,(H,24,25). The highest BCUT2D eigenvalue weighted by atomic mass is 32.1. The third-order valence-corrected chi connectivity index (χ3v) is 5.25. The van der Waals surface area contributed by atoms with E-state index in [9.17, 15) is 14.7 Å². The first-order valence-electron chi connectivity index (χ1n) is 8.41. The quantitative estimate of drug-likeness (QED) is 0.580. The van der Waals surface area contributed by atoms with Crippen LogP contribution in [0, 0.1) is 6.92 Å². The van der Waals surface area contributed by atoms with Crippen molar-refractivity contribution in [1.29, 1.82) is 0 Å². The summed E-state index contributed by atoms with van der Waals surface area (Å²) in [5.74, 6) is -0.713. The van der Waals surface area contributed by atoms with Crippen molar-refractivity contribution in [2.45, 2.75) is 13.5 Å². The normalized spacial score (nSPS) is 11.0. The maximum absolute atomic E-state index is 13.2. The number of carboxylic acid groups (broad SMARTS) is 1. The van der Waals surface area contributed by atoms with Gasteiger partial charge in [0.1, 0.15) is 17.2 Å². The molecule has 0 saturated carbocycles. The van der Waals surface area contributed by atoms with Crippen LogP contribution in [0.1, 0.15) is 5.56 Å². The molecule has 0 spiro atoms. The number of hydrogen-bond donors (Lipinski definition) is 1. The van der Waals surface area contributed by atoms with Crippen LogP contribution in [0.2, 0.25) is 0 Å². The Morgan fingerprint density at radius 3 is 2.44 bits per heavy atom. The first-order chi connectivity index (χ1) is 13.0. The Morgan fingerprint density at radius 2 is 1.78 bits per heavy atom. The molecule has 0 radical (unpaired) electrons. The number of fused-ring (bicyclic) bond motifs is 1. The molecule has 6 heteroatoms. The molecule has 0 unspecified atom stereocenters. The summed E-state index contributed by atoms with van der Waals surface area (Å²) in [5.41, 5.74) is 3.21. The number of carboxylic acids is 1. The molecule has 4 aromatic rings. The molecule has 0 saturated heterocycles. The van der Waals surface area contributed by atoms with Crippen LogP contribution in [0.3, 0.4) is 0 Å². The van der Waals surface area contributed by atoms with E-state index in [4.69, 9.17) is 0 Å². The van der Waals surface area contributed by atoms with Gasteiger partial charge in [-0.25, -0.2) is 4.98 Å². The lowest BCUT2D eigenvalue weighted by atomic mass is 10.0. The van der Waals surface area contributed by atoms with Gasteiger partial charge in [0.15, 0.2) is 0 Å². The molecule has 0 atom stereocenters. The number of nitrogens with zero attached hydrogens (tertiary/aromatic N) is 2. The smallest absolute Gasteiger partial charge is 0.323 e. The molecule has 0 fully saturated rings. The Kier molecular flexibility index (Phi) is 4.33. The zero-order chi connectivity index (χ0) is 19.0. The van der Waals surface area contributed by atoms with Gasteiger partial charge in [-0.1, -0.05) is 60.2 Å². The number of aliphatic carboxylic acids is 1. The van der Waals surface area contributed by atoms with Crippen molar-refractivity contribution in [1.82, 2.24) is 9.55 Å². The minimum Gasteiger partial charge on any atom is -0.480 e. The highest BCUT2D eigenvalue weighted by molar-refractivity contribution is 7.17. The summed E-state index contributed by atoms with van der Waals surface area (Å²) in [7, 11) is 0. The molecule has 1 N–H and O–H groups in total. The molecule has 4 rings (SSSR count). The molecular weight excluding hydrogens is 360 g/mol. The number of carbonyl (C=O) groups is 1. The van der Waals surface area contributed by atoms with Gasteiger partial charge in [0.05, 0.1) is 5.39 Å². The maximum Gasteiger partial charge on any atom is 0.323 e. The maximum atomic E-state index is 13.2.